The van der Waals surface area contributed by atoms with Gasteiger partial charge in [0.1, 0.15) is 26.1 Å². The van der Waals surface area contributed by atoms with Crippen molar-refractivity contribution >= 4 is 60.9 Å². The predicted octanol–water partition coefficient (Wildman–Crippen LogP) is 3.21. The third kappa shape index (κ3) is 3.71. The van der Waals surface area contributed by atoms with Gasteiger partial charge in [-0.3, -0.25) is 14.9 Å². The van der Waals surface area contributed by atoms with E-state index in [0.717, 1.165) is 12.3 Å². The molecule has 2 rings (SSSR count). The van der Waals surface area contributed by atoms with E-state index in [4.69, 9.17) is 11.6 Å². The quantitative estimate of drug-likeness (QED) is 0.448. The number of hydrogen-bond acceptors (Lipinski definition) is 6. The molecule has 0 aliphatic rings. The van der Waals surface area contributed by atoms with Crippen molar-refractivity contribution in [3.05, 3.63) is 48.5 Å². The summed E-state index contributed by atoms with van der Waals surface area (Å²) in [5, 5.41) is 13.3. The Hall–Kier alpha value is -1.65. The number of rotatable bonds is 3. The van der Waals surface area contributed by atoms with E-state index in [1.165, 1.54) is 6.20 Å². The van der Waals surface area contributed by atoms with E-state index in [9.17, 15) is 14.9 Å². The zero-order chi connectivity index (χ0) is 15.6. The van der Waals surface area contributed by atoms with Gasteiger partial charge in [0, 0.05) is 0 Å². The number of nitro groups is 1. The molecule has 0 atom stereocenters. The molecule has 1 N–H and O–H groups in total. The molecule has 0 fully saturated rings. The first kappa shape index (κ1) is 15.7. The molecule has 2 aromatic rings. The van der Waals surface area contributed by atoms with E-state index >= 15 is 0 Å². The first-order valence-electron chi connectivity index (χ1n) is 5.18. The fourth-order valence-corrected chi connectivity index (χ4v) is 2.42. The minimum Gasteiger partial charge on any atom is -0.304 e. The standard InChI is InChI=1S/C10H4Br2ClN5O3/c11-6-3-15-9(8(12)16-6)17-10(19)4-1-7(13)14-2-5(4)18(20)21/h1-3H,(H,15,17,19). The minimum absolute atomic E-state index is 0.0355. The summed E-state index contributed by atoms with van der Waals surface area (Å²) in [6, 6.07) is 1.11. The topological polar surface area (TPSA) is 111 Å². The molecule has 0 saturated heterocycles. The van der Waals surface area contributed by atoms with Gasteiger partial charge in [0.25, 0.3) is 11.6 Å². The van der Waals surface area contributed by atoms with Gasteiger partial charge in [0.2, 0.25) is 0 Å². The van der Waals surface area contributed by atoms with Crippen molar-refractivity contribution in [1.82, 2.24) is 15.0 Å². The summed E-state index contributed by atoms with van der Waals surface area (Å²) in [6.45, 7) is 0. The van der Waals surface area contributed by atoms with Gasteiger partial charge in [-0.05, 0) is 37.9 Å². The summed E-state index contributed by atoms with van der Waals surface area (Å²) < 4.78 is 0.735. The molecule has 0 aromatic carbocycles. The lowest BCUT2D eigenvalue weighted by Crippen LogP contribution is -2.16. The van der Waals surface area contributed by atoms with Crippen LogP contribution in [0.25, 0.3) is 0 Å². The zero-order valence-corrected chi connectivity index (χ0v) is 13.8. The third-order valence-electron chi connectivity index (χ3n) is 2.22. The van der Waals surface area contributed by atoms with Crippen LogP contribution in [0.1, 0.15) is 10.4 Å². The third-order valence-corrected chi connectivity index (χ3v) is 3.37. The molecule has 2 heterocycles. The van der Waals surface area contributed by atoms with Gasteiger partial charge in [-0.25, -0.2) is 15.0 Å². The number of pyridine rings is 1. The van der Waals surface area contributed by atoms with Crippen molar-refractivity contribution < 1.29 is 9.72 Å². The lowest BCUT2D eigenvalue weighted by Gasteiger charge is -2.06. The van der Waals surface area contributed by atoms with Crippen LogP contribution in [0.5, 0.6) is 0 Å². The molecular weight excluding hydrogens is 433 g/mol. The van der Waals surface area contributed by atoms with Crippen LogP contribution in [0.3, 0.4) is 0 Å². The molecule has 8 nitrogen and oxygen atoms in total. The highest BCUT2D eigenvalue weighted by molar-refractivity contribution is 9.11. The van der Waals surface area contributed by atoms with Crippen LogP contribution in [0.2, 0.25) is 5.15 Å². The normalized spacial score (nSPS) is 10.2. The summed E-state index contributed by atoms with van der Waals surface area (Å²) in [6.07, 6.45) is 2.29. The second-order valence-electron chi connectivity index (χ2n) is 3.57. The number of amides is 1. The minimum atomic E-state index is -0.747. The molecule has 0 bridgehead atoms. The molecular formula is C10H4Br2ClN5O3. The predicted molar refractivity (Wildman–Crippen MR) is 81.3 cm³/mol. The van der Waals surface area contributed by atoms with Crippen molar-refractivity contribution in [3.8, 4) is 0 Å². The van der Waals surface area contributed by atoms with Gasteiger partial charge >= 0.3 is 0 Å². The summed E-state index contributed by atoms with van der Waals surface area (Å²) in [7, 11) is 0. The molecule has 0 unspecified atom stereocenters. The highest BCUT2D eigenvalue weighted by atomic mass is 79.9. The zero-order valence-electron chi connectivity index (χ0n) is 9.88. The maximum atomic E-state index is 12.1. The molecule has 108 valence electrons. The van der Waals surface area contributed by atoms with E-state index in [1.807, 2.05) is 0 Å². The molecule has 21 heavy (non-hydrogen) atoms. The maximum Gasteiger partial charge on any atom is 0.300 e. The largest absolute Gasteiger partial charge is 0.304 e. The van der Waals surface area contributed by atoms with Gasteiger partial charge in [-0.1, -0.05) is 11.6 Å². The van der Waals surface area contributed by atoms with E-state index in [1.54, 1.807) is 0 Å². The van der Waals surface area contributed by atoms with Crippen molar-refractivity contribution in [2.45, 2.75) is 0 Å². The average molecular weight is 437 g/mol. The fourth-order valence-electron chi connectivity index (χ4n) is 1.36. The van der Waals surface area contributed by atoms with E-state index in [2.05, 4.69) is 52.1 Å². The first-order chi connectivity index (χ1) is 9.88. The van der Waals surface area contributed by atoms with Gasteiger partial charge in [-0.2, -0.15) is 0 Å². The Bertz CT molecular complexity index is 743. The number of carbonyl (C=O) groups excluding carboxylic acids is 1. The van der Waals surface area contributed by atoms with Crippen LogP contribution in [-0.2, 0) is 0 Å². The van der Waals surface area contributed by atoms with Gasteiger partial charge in [0.15, 0.2) is 5.82 Å². The second kappa shape index (κ2) is 6.41. The van der Waals surface area contributed by atoms with Gasteiger partial charge in [0.05, 0.1) is 11.1 Å². The number of hydrogen-bond donors (Lipinski definition) is 1. The molecule has 0 radical (unpaired) electrons. The van der Waals surface area contributed by atoms with Crippen LogP contribution < -0.4 is 5.32 Å². The van der Waals surface area contributed by atoms with E-state index < -0.39 is 16.5 Å². The number of halogens is 3. The molecule has 0 aliphatic carbocycles. The molecule has 0 aliphatic heterocycles. The highest BCUT2D eigenvalue weighted by Crippen LogP contribution is 2.24. The average Bonchev–Trinajstić information content (AvgIpc) is 2.41. The summed E-state index contributed by atoms with van der Waals surface area (Å²) in [5.41, 5.74) is -0.685. The van der Waals surface area contributed by atoms with E-state index in [0.29, 0.717) is 4.60 Å². The summed E-state index contributed by atoms with van der Waals surface area (Å²) >= 11 is 11.9. The monoisotopic (exact) mass is 435 g/mol. The maximum absolute atomic E-state index is 12.1. The van der Waals surface area contributed by atoms with Crippen LogP contribution in [0.15, 0.2) is 27.7 Å². The number of aromatic nitrogens is 3. The smallest absolute Gasteiger partial charge is 0.300 e. The number of carbonyl (C=O) groups is 1. The van der Waals surface area contributed by atoms with Crippen molar-refractivity contribution in [2.24, 2.45) is 0 Å². The number of nitrogens with zero attached hydrogens (tertiary/aromatic N) is 4. The van der Waals surface area contributed by atoms with Crippen molar-refractivity contribution in [2.75, 3.05) is 5.32 Å². The van der Waals surface area contributed by atoms with Gasteiger partial charge < -0.3 is 5.32 Å². The lowest BCUT2D eigenvalue weighted by atomic mass is 10.2. The van der Waals surface area contributed by atoms with Gasteiger partial charge in [-0.15, -0.1) is 0 Å². The highest BCUT2D eigenvalue weighted by Gasteiger charge is 2.22. The van der Waals surface area contributed by atoms with Crippen molar-refractivity contribution in [1.29, 1.82) is 0 Å². The Morgan fingerprint density at radius 3 is 2.67 bits per heavy atom. The van der Waals surface area contributed by atoms with Crippen molar-refractivity contribution in [3.63, 3.8) is 0 Å². The fraction of sp³-hybridized carbons (Fsp3) is 0. The molecule has 2 aromatic heterocycles. The van der Waals surface area contributed by atoms with Crippen LogP contribution in [-0.4, -0.2) is 25.8 Å². The Balaban J connectivity index is 2.36. The van der Waals surface area contributed by atoms with E-state index in [-0.39, 0.29) is 21.1 Å². The van der Waals surface area contributed by atoms with Crippen LogP contribution in [0.4, 0.5) is 11.5 Å². The molecule has 11 heteroatoms. The number of anilines is 1. The second-order valence-corrected chi connectivity index (χ2v) is 5.52. The van der Waals surface area contributed by atoms with Crippen LogP contribution >= 0.6 is 43.5 Å². The Labute approximate surface area is 139 Å². The molecule has 0 saturated carbocycles. The summed E-state index contributed by atoms with van der Waals surface area (Å²) in [4.78, 5) is 33.8. The summed E-state index contributed by atoms with van der Waals surface area (Å²) in [5.74, 6) is -0.631. The Morgan fingerprint density at radius 2 is 2.05 bits per heavy atom. The number of nitrogens with one attached hydrogen (secondary N) is 1. The molecule has 0 spiro atoms. The Morgan fingerprint density at radius 1 is 1.33 bits per heavy atom. The SMILES string of the molecule is O=C(Nc1ncc(Br)nc1Br)c1cc(Cl)ncc1[N+](=O)[O-]. The molecule has 1 amide bonds. The Kier molecular flexibility index (Phi) is 4.80. The van der Waals surface area contributed by atoms with Crippen LogP contribution in [0, 0.1) is 10.1 Å². The lowest BCUT2D eigenvalue weighted by molar-refractivity contribution is -0.385. The first-order valence-corrected chi connectivity index (χ1v) is 7.14.